The summed E-state index contributed by atoms with van der Waals surface area (Å²) in [6.45, 7) is 3.14. The van der Waals surface area contributed by atoms with E-state index in [0.717, 1.165) is 23.0 Å². The van der Waals surface area contributed by atoms with Crippen LogP contribution >= 0.6 is 11.8 Å². The molecule has 8 heteroatoms. The Bertz CT molecular complexity index is 1070. The van der Waals surface area contributed by atoms with Crippen LogP contribution in [0.25, 0.3) is 11.6 Å². The lowest BCUT2D eigenvalue weighted by molar-refractivity contribution is 0.0948. The van der Waals surface area contributed by atoms with Crippen LogP contribution in [0.15, 0.2) is 75.0 Å². The molecule has 0 radical (unpaired) electrons. The van der Waals surface area contributed by atoms with Crippen LogP contribution in [0, 0.1) is 0 Å². The van der Waals surface area contributed by atoms with Crippen molar-refractivity contribution in [2.24, 2.45) is 0 Å². The lowest BCUT2D eigenvalue weighted by atomic mass is 10.1. The number of thioether (sulfide) groups is 1. The van der Waals surface area contributed by atoms with E-state index in [1.54, 1.807) is 36.4 Å². The third-order valence-corrected chi connectivity index (χ3v) is 5.37. The number of amides is 1. The number of carbonyl (C=O) groups excluding carboxylic acids is 1. The van der Waals surface area contributed by atoms with Crippen LogP contribution in [-0.4, -0.2) is 20.7 Å². The fourth-order valence-electron chi connectivity index (χ4n) is 2.90. The molecule has 4 aromatic rings. The highest BCUT2D eigenvalue weighted by molar-refractivity contribution is 7.98. The second-order valence-corrected chi connectivity index (χ2v) is 7.22. The van der Waals surface area contributed by atoms with Gasteiger partial charge in [0, 0.05) is 17.9 Å². The quantitative estimate of drug-likeness (QED) is 0.436. The number of rotatable bonds is 8. The maximum atomic E-state index is 12.4. The lowest BCUT2D eigenvalue weighted by Crippen LogP contribution is -2.22. The van der Waals surface area contributed by atoms with Gasteiger partial charge in [0.2, 0.25) is 0 Å². The number of hydrogen-bond acceptors (Lipinski definition) is 6. The fourth-order valence-corrected chi connectivity index (χ4v) is 3.85. The van der Waals surface area contributed by atoms with Crippen molar-refractivity contribution in [3.8, 4) is 11.6 Å². The molecule has 1 N–H and O–H groups in total. The van der Waals surface area contributed by atoms with Gasteiger partial charge in [0.1, 0.15) is 5.76 Å². The summed E-state index contributed by atoms with van der Waals surface area (Å²) >= 11 is 1.58. The van der Waals surface area contributed by atoms with Crippen LogP contribution < -0.4 is 5.32 Å². The molecule has 1 aromatic carbocycles. The molecule has 148 valence electrons. The number of carbonyl (C=O) groups is 1. The number of nitrogens with one attached hydrogen (secondary N) is 1. The van der Waals surface area contributed by atoms with E-state index in [4.69, 9.17) is 8.83 Å². The van der Waals surface area contributed by atoms with Crippen molar-refractivity contribution in [3.05, 3.63) is 77.9 Å². The van der Waals surface area contributed by atoms with Crippen molar-refractivity contribution in [1.82, 2.24) is 20.1 Å². The molecule has 3 aromatic heterocycles. The van der Waals surface area contributed by atoms with Gasteiger partial charge in [-0.25, -0.2) is 0 Å². The van der Waals surface area contributed by atoms with E-state index in [-0.39, 0.29) is 5.91 Å². The Balaban J connectivity index is 1.41. The summed E-state index contributed by atoms with van der Waals surface area (Å²) in [7, 11) is 0. The van der Waals surface area contributed by atoms with E-state index >= 15 is 0 Å². The topological polar surface area (TPSA) is 86.1 Å². The first-order valence-corrected chi connectivity index (χ1v) is 10.2. The smallest absolute Gasteiger partial charge is 0.251 e. The average molecular weight is 408 g/mol. The predicted octanol–water partition coefficient (Wildman–Crippen LogP) is 4.37. The van der Waals surface area contributed by atoms with E-state index in [9.17, 15) is 4.79 Å². The molecule has 0 aliphatic rings. The molecule has 0 atom stereocenters. The zero-order chi connectivity index (χ0) is 20.1. The van der Waals surface area contributed by atoms with Crippen LogP contribution in [0.3, 0.4) is 0 Å². The van der Waals surface area contributed by atoms with Crippen molar-refractivity contribution >= 4 is 17.7 Å². The fraction of sp³-hybridized carbons (Fsp3) is 0.190. The first-order chi connectivity index (χ1) is 14.2. The first-order valence-electron chi connectivity index (χ1n) is 9.24. The van der Waals surface area contributed by atoms with Gasteiger partial charge in [-0.1, -0.05) is 23.9 Å². The van der Waals surface area contributed by atoms with E-state index in [1.807, 2.05) is 47.9 Å². The molecular weight excluding hydrogens is 388 g/mol. The molecule has 1 amide bonds. The highest BCUT2D eigenvalue weighted by Crippen LogP contribution is 2.26. The summed E-state index contributed by atoms with van der Waals surface area (Å²) in [5, 5.41) is 12.2. The summed E-state index contributed by atoms with van der Waals surface area (Å²) < 4.78 is 12.7. The summed E-state index contributed by atoms with van der Waals surface area (Å²) in [6.07, 6.45) is 3.21. The van der Waals surface area contributed by atoms with Gasteiger partial charge in [-0.2, -0.15) is 0 Å². The van der Waals surface area contributed by atoms with Crippen LogP contribution in [0.5, 0.6) is 0 Å². The van der Waals surface area contributed by atoms with Crippen molar-refractivity contribution in [2.45, 2.75) is 30.9 Å². The number of benzene rings is 1. The minimum atomic E-state index is -0.134. The van der Waals surface area contributed by atoms with Gasteiger partial charge in [0.25, 0.3) is 5.91 Å². The second kappa shape index (κ2) is 8.83. The Morgan fingerprint density at radius 1 is 1.10 bits per heavy atom. The monoisotopic (exact) mass is 408 g/mol. The van der Waals surface area contributed by atoms with E-state index in [1.165, 1.54) is 0 Å². The standard InChI is InChI=1S/C21H20N4O3S/c1-2-25-19(18-9-5-11-28-18)23-24-21(25)29-14-15-6-3-7-16(12-15)20(26)22-13-17-8-4-10-27-17/h3-12H,2,13-14H2,1H3,(H,22,26). The molecule has 0 spiro atoms. The second-order valence-electron chi connectivity index (χ2n) is 6.28. The third-order valence-electron chi connectivity index (χ3n) is 4.34. The van der Waals surface area contributed by atoms with Gasteiger partial charge in [-0.15, -0.1) is 10.2 Å². The first kappa shape index (κ1) is 19.1. The van der Waals surface area contributed by atoms with Crippen LogP contribution in [0.4, 0.5) is 0 Å². The summed E-state index contributed by atoms with van der Waals surface area (Å²) in [4.78, 5) is 12.4. The van der Waals surface area contributed by atoms with Gasteiger partial charge >= 0.3 is 0 Å². The van der Waals surface area contributed by atoms with Crippen molar-refractivity contribution in [2.75, 3.05) is 0 Å². The molecular formula is C21H20N4O3S. The van der Waals surface area contributed by atoms with Gasteiger partial charge in [-0.3, -0.25) is 9.36 Å². The predicted molar refractivity (Wildman–Crippen MR) is 109 cm³/mol. The zero-order valence-corrected chi connectivity index (χ0v) is 16.7. The molecule has 29 heavy (non-hydrogen) atoms. The summed E-state index contributed by atoms with van der Waals surface area (Å²) in [5.41, 5.74) is 1.65. The Hall–Kier alpha value is -3.26. The molecule has 0 aliphatic heterocycles. The molecule has 4 rings (SSSR count). The van der Waals surface area contributed by atoms with Crippen LogP contribution in [-0.2, 0) is 18.8 Å². The summed E-state index contributed by atoms with van der Waals surface area (Å²) in [5.74, 6) is 2.67. The summed E-state index contributed by atoms with van der Waals surface area (Å²) in [6, 6.07) is 14.9. The van der Waals surface area contributed by atoms with Crippen molar-refractivity contribution in [3.63, 3.8) is 0 Å². The molecule has 0 bridgehead atoms. The Morgan fingerprint density at radius 3 is 2.72 bits per heavy atom. The van der Waals surface area contributed by atoms with E-state index < -0.39 is 0 Å². The van der Waals surface area contributed by atoms with Crippen molar-refractivity contribution in [1.29, 1.82) is 0 Å². The molecule has 0 saturated heterocycles. The van der Waals surface area contributed by atoms with E-state index in [0.29, 0.717) is 29.4 Å². The number of aromatic nitrogens is 3. The number of furan rings is 2. The molecule has 0 fully saturated rings. The largest absolute Gasteiger partial charge is 0.467 e. The Morgan fingerprint density at radius 2 is 1.97 bits per heavy atom. The third kappa shape index (κ3) is 4.43. The highest BCUT2D eigenvalue weighted by Gasteiger charge is 2.15. The molecule has 0 aliphatic carbocycles. The highest BCUT2D eigenvalue weighted by atomic mass is 32.2. The maximum Gasteiger partial charge on any atom is 0.251 e. The van der Waals surface area contributed by atoms with Gasteiger partial charge < -0.3 is 14.2 Å². The SMILES string of the molecule is CCn1c(SCc2cccc(C(=O)NCc3ccco3)c2)nnc1-c1ccco1. The van der Waals surface area contributed by atoms with Gasteiger partial charge in [0.05, 0.1) is 19.1 Å². The van der Waals surface area contributed by atoms with Crippen LogP contribution in [0.2, 0.25) is 0 Å². The van der Waals surface area contributed by atoms with Gasteiger partial charge in [-0.05, 0) is 48.9 Å². The van der Waals surface area contributed by atoms with Crippen molar-refractivity contribution < 1.29 is 13.6 Å². The normalized spacial score (nSPS) is 10.9. The van der Waals surface area contributed by atoms with E-state index in [2.05, 4.69) is 15.5 Å². The Labute approximate surface area is 172 Å². The minimum Gasteiger partial charge on any atom is -0.467 e. The molecule has 3 heterocycles. The number of nitrogens with zero attached hydrogens (tertiary/aromatic N) is 3. The average Bonchev–Trinajstić information content (AvgIpc) is 3.51. The lowest BCUT2D eigenvalue weighted by Gasteiger charge is -2.07. The zero-order valence-electron chi connectivity index (χ0n) is 15.9. The molecule has 7 nitrogen and oxygen atoms in total. The molecule has 0 saturated carbocycles. The molecule has 0 unspecified atom stereocenters. The minimum absolute atomic E-state index is 0.134. The maximum absolute atomic E-state index is 12.4. The number of hydrogen-bond donors (Lipinski definition) is 1. The Kier molecular flexibility index (Phi) is 5.81. The van der Waals surface area contributed by atoms with Crippen LogP contribution in [0.1, 0.15) is 28.6 Å². The van der Waals surface area contributed by atoms with Gasteiger partial charge in [0.15, 0.2) is 16.7 Å².